The third-order valence-electron chi connectivity index (χ3n) is 3.61. The molecule has 1 heterocycles. The van der Waals surface area contributed by atoms with E-state index in [1.54, 1.807) is 17.0 Å². The molecule has 0 radical (unpaired) electrons. The lowest BCUT2D eigenvalue weighted by Gasteiger charge is -2.24. The number of amides is 1. The first-order chi connectivity index (χ1) is 9.75. The van der Waals surface area contributed by atoms with Gasteiger partial charge in [0, 0.05) is 12.0 Å². The highest BCUT2D eigenvalue weighted by atomic mass is 16.2. The molecule has 0 aliphatic carbocycles. The zero-order chi connectivity index (χ0) is 13.9. The summed E-state index contributed by atoms with van der Waals surface area (Å²) in [5.41, 5.74) is 1.64. The van der Waals surface area contributed by atoms with Crippen LogP contribution in [0.4, 0.5) is 0 Å². The number of carbonyl (C=O) groups is 2. The summed E-state index contributed by atoms with van der Waals surface area (Å²) in [5.74, 6) is 0.0356. The van der Waals surface area contributed by atoms with Gasteiger partial charge >= 0.3 is 0 Å². The highest BCUT2D eigenvalue weighted by Gasteiger charge is 2.35. The normalized spacial score (nSPS) is 18.3. The van der Waals surface area contributed by atoms with Gasteiger partial charge in [-0.25, -0.2) is 0 Å². The first kappa shape index (κ1) is 12.6. The van der Waals surface area contributed by atoms with E-state index in [1.165, 1.54) is 0 Å². The Morgan fingerprint density at radius 1 is 0.950 bits per heavy atom. The summed E-state index contributed by atoms with van der Waals surface area (Å²) in [6, 6.07) is 18.7. The van der Waals surface area contributed by atoms with Crippen LogP contribution in [-0.2, 0) is 4.79 Å². The van der Waals surface area contributed by atoms with Crippen LogP contribution >= 0.6 is 0 Å². The van der Waals surface area contributed by atoms with Gasteiger partial charge in [0.25, 0.3) is 5.91 Å². The smallest absolute Gasteiger partial charge is 0.254 e. The minimum absolute atomic E-state index is 0.0784. The van der Waals surface area contributed by atoms with Crippen LogP contribution in [0.3, 0.4) is 0 Å². The van der Waals surface area contributed by atoms with E-state index in [9.17, 15) is 9.59 Å². The molecule has 1 atom stereocenters. The van der Waals surface area contributed by atoms with Crippen molar-refractivity contribution in [1.29, 1.82) is 0 Å². The van der Waals surface area contributed by atoms with Gasteiger partial charge in [-0.1, -0.05) is 48.5 Å². The van der Waals surface area contributed by atoms with Crippen molar-refractivity contribution in [2.45, 2.75) is 12.5 Å². The molecule has 0 saturated carbocycles. The summed E-state index contributed by atoms with van der Waals surface area (Å²) in [7, 11) is 0. The highest BCUT2D eigenvalue weighted by Crippen LogP contribution is 2.31. The molecule has 0 bridgehead atoms. The fourth-order valence-electron chi connectivity index (χ4n) is 2.62. The Morgan fingerprint density at radius 2 is 1.55 bits per heavy atom. The molecule has 2 aromatic rings. The van der Waals surface area contributed by atoms with Gasteiger partial charge in [-0.15, -0.1) is 0 Å². The topological polar surface area (TPSA) is 37.4 Å². The summed E-state index contributed by atoms with van der Waals surface area (Å²) in [6.45, 7) is 0.202. The number of rotatable bonds is 2. The number of ketones is 1. The molecule has 0 aromatic heterocycles. The molecule has 1 aliphatic heterocycles. The van der Waals surface area contributed by atoms with Gasteiger partial charge in [-0.3, -0.25) is 9.59 Å². The SMILES string of the molecule is O=C1C[C@H](c2ccccc2)N(C(=O)c2ccccc2)C1. The van der Waals surface area contributed by atoms with Gasteiger partial charge in [-0.2, -0.15) is 0 Å². The van der Waals surface area contributed by atoms with Crippen LogP contribution < -0.4 is 0 Å². The van der Waals surface area contributed by atoms with Crippen LogP contribution in [0.1, 0.15) is 28.4 Å². The van der Waals surface area contributed by atoms with Crippen LogP contribution in [0.15, 0.2) is 60.7 Å². The predicted octanol–water partition coefficient (Wildman–Crippen LogP) is 2.84. The minimum Gasteiger partial charge on any atom is -0.324 e. The first-order valence-electron chi connectivity index (χ1n) is 6.68. The van der Waals surface area contributed by atoms with Crippen molar-refractivity contribution in [1.82, 2.24) is 4.90 Å². The summed E-state index contributed by atoms with van der Waals surface area (Å²) in [4.78, 5) is 26.0. The second-order valence-electron chi connectivity index (χ2n) is 4.97. The maximum absolute atomic E-state index is 12.5. The zero-order valence-electron chi connectivity index (χ0n) is 11.0. The molecular weight excluding hydrogens is 250 g/mol. The number of carbonyl (C=O) groups excluding carboxylic acids is 2. The fourth-order valence-corrected chi connectivity index (χ4v) is 2.62. The predicted molar refractivity (Wildman–Crippen MR) is 76.3 cm³/mol. The molecule has 0 unspecified atom stereocenters. The number of benzene rings is 2. The summed E-state index contributed by atoms with van der Waals surface area (Å²) < 4.78 is 0. The average molecular weight is 265 g/mol. The maximum atomic E-state index is 12.5. The Labute approximate surface area is 117 Å². The number of hydrogen-bond acceptors (Lipinski definition) is 2. The van der Waals surface area contributed by atoms with Crippen molar-refractivity contribution in [2.24, 2.45) is 0 Å². The van der Waals surface area contributed by atoms with Crippen molar-refractivity contribution in [3.63, 3.8) is 0 Å². The minimum atomic E-state index is -0.142. The molecule has 100 valence electrons. The van der Waals surface area contributed by atoms with E-state index >= 15 is 0 Å². The van der Waals surface area contributed by atoms with Gasteiger partial charge in [0.2, 0.25) is 0 Å². The third-order valence-corrected chi connectivity index (χ3v) is 3.61. The van der Waals surface area contributed by atoms with E-state index in [4.69, 9.17) is 0 Å². The van der Waals surface area contributed by atoms with Crippen molar-refractivity contribution >= 4 is 11.7 Å². The Bertz CT molecular complexity index is 622. The van der Waals surface area contributed by atoms with E-state index in [0.717, 1.165) is 5.56 Å². The number of hydrogen-bond donors (Lipinski definition) is 0. The lowest BCUT2D eigenvalue weighted by atomic mass is 10.0. The Hall–Kier alpha value is -2.42. The third kappa shape index (κ3) is 2.35. The summed E-state index contributed by atoms with van der Waals surface area (Å²) in [5, 5.41) is 0. The van der Waals surface area contributed by atoms with Gasteiger partial charge in [0.1, 0.15) is 0 Å². The largest absolute Gasteiger partial charge is 0.324 e. The Balaban J connectivity index is 1.91. The Morgan fingerprint density at radius 3 is 2.20 bits per heavy atom. The summed E-state index contributed by atoms with van der Waals surface area (Å²) >= 11 is 0. The first-order valence-corrected chi connectivity index (χ1v) is 6.68. The van der Waals surface area contributed by atoms with E-state index in [0.29, 0.717) is 12.0 Å². The molecule has 3 rings (SSSR count). The lowest BCUT2D eigenvalue weighted by Crippen LogP contribution is -2.31. The maximum Gasteiger partial charge on any atom is 0.254 e. The van der Waals surface area contributed by atoms with Crippen LogP contribution in [-0.4, -0.2) is 23.1 Å². The van der Waals surface area contributed by atoms with Gasteiger partial charge in [0.05, 0.1) is 12.6 Å². The molecule has 1 saturated heterocycles. The number of likely N-dealkylation sites (tertiary alicyclic amines) is 1. The molecule has 0 N–H and O–H groups in total. The zero-order valence-corrected chi connectivity index (χ0v) is 11.0. The van der Waals surface area contributed by atoms with Crippen molar-refractivity contribution in [3.05, 3.63) is 71.8 Å². The van der Waals surface area contributed by atoms with E-state index in [2.05, 4.69) is 0 Å². The second kappa shape index (κ2) is 5.29. The highest BCUT2D eigenvalue weighted by molar-refractivity contribution is 5.99. The van der Waals surface area contributed by atoms with E-state index in [-0.39, 0.29) is 24.3 Å². The monoisotopic (exact) mass is 265 g/mol. The molecular formula is C17H15NO2. The summed E-state index contributed by atoms with van der Waals surface area (Å²) in [6.07, 6.45) is 0.405. The van der Waals surface area contributed by atoms with E-state index in [1.807, 2.05) is 48.5 Å². The molecule has 1 aliphatic rings. The molecule has 3 heteroatoms. The number of nitrogens with zero attached hydrogens (tertiary/aromatic N) is 1. The van der Waals surface area contributed by atoms with Crippen LogP contribution in [0.2, 0.25) is 0 Å². The average Bonchev–Trinajstić information content (AvgIpc) is 2.90. The quantitative estimate of drug-likeness (QED) is 0.837. The van der Waals surface area contributed by atoms with Crippen molar-refractivity contribution in [3.8, 4) is 0 Å². The van der Waals surface area contributed by atoms with Crippen molar-refractivity contribution in [2.75, 3.05) is 6.54 Å². The fraction of sp³-hybridized carbons (Fsp3) is 0.176. The molecule has 3 nitrogen and oxygen atoms in total. The second-order valence-corrected chi connectivity index (χ2v) is 4.97. The standard InChI is InChI=1S/C17H15NO2/c19-15-11-16(13-7-3-1-4-8-13)18(12-15)17(20)14-9-5-2-6-10-14/h1-10,16H,11-12H2/t16-/m1/s1. The van der Waals surface area contributed by atoms with Gasteiger partial charge in [-0.05, 0) is 17.7 Å². The molecule has 1 amide bonds. The van der Waals surface area contributed by atoms with Gasteiger partial charge in [0.15, 0.2) is 5.78 Å². The van der Waals surface area contributed by atoms with Gasteiger partial charge < -0.3 is 4.90 Å². The lowest BCUT2D eigenvalue weighted by molar-refractivity contribution is -0.116. The van der Waals surface area contributed by atoms with E-state index < -0.39 is 0 Å². The molecule has 2 aromatic carbocycles. The van der Waals surface area contributed by atoms with Crippen LogP contribution in [0.5, 0.6) is 0 Å². The van der Waals surface area contributed by atoms with Crippen LogP contribution in [0.25, 0.3) is 0 Å². The Kier molecular flexibility index (Phi) is 3.33. The van der Waals surface area contributed by atoms with Crippen molar-refractivity contribution < 1.29 is 9.59 Å². The van der Waals surface area contributed by atoms with Crippen LogP contribution in [0, 0.1) is 0 Å². The molecule has 1 fully saturated rings. The molecule has 20 heavy (non-hydrogen) atoms. The number of Topliss-reactive ketones (excluding diaryl/α,β-unsaturated/α-hetero) is 1. The molecule has 0 spiro atoms.